The fraction of sp³-hybridized carbons (Fsp3) is 0.450. The number of aliphatic hydroxyl groups is 1. The minimum Gasteiger partial charge on any atom is -0.487 e. The van der Waals surface area contributed by atoms with Crippen LogP contribution in [0.5, 0.6) is 5.75 Å². The Morgan fingerprint density at radius 1 is 1.29 bits per heavy atom. The monoisotopic (exact) mass is 405 g/mol. The maximum Gasteiger partial charge on any atom is 0.247 e. The molecule has 0 aliphatic carbocycles. The molecule has 1 aromatic heterocycles. The second kappa shape index (κ2) is 8.57. The molecule has 2 heterocycles. The molecule has 0 saturated carbocycles. The lowest BCUT2D eigenvalue weighted by molar-refractivity contribution is 0.103. The van der Waals surface area contributed by atoms with E-state index in [4.69, 9.17) is 4.74 Å². The molecule has 28 heavy (non-hydrogen) atoms. The predicted molar refractivity (Wildman–Crippen MR) is 108 cm³/mol. The highest BCUT2D eigenvalue weighted by molar-refractivity contribution is 7.89. The number of rotatable bonds is 5. The first-order valence-electron chi connectivity index (χ1n) is 9.37. The van der Waals surface area contributed by atoms with Gasteiger partial charge in [-0.15, -0.1) is 0 Å². The van der Waals surface area contributed by atoms with Crippen molar-refractivity contribution >= 4 is 10.0 Å². The normalized spacial score (nSPS) is 23.1. The summed E-state index contributed by atoms with van der Waals surface area (Å²) in [6.07, 6.45) is 3.18. The molecule has 7 nitrogen and oxygen atoms in total. The quantitative estimate of drug-likeness (QED) is 0.787. The van der Waals surface area contributed by atoms with Crippen LogP contribution in [0.4, 0.5) is 0 Å². The maximum atomic E-state index is 13.3. The number of pyridine rings is 1. The third-order valence-electron chi connectivity index (χ3n) is 5.09. The molecule has 3 rings (SSSR count). The average molecular weight is 406 g/mol. The molecule has 0 bridgehead atoms. The highest BCUT2D eigenvalue weighted by Crippen LogP contribution is 2.36. The van der Waals surface area contributed by atoms with Crippen molar-refractivity contribution < 1.29 is 18.3 Å². The molecule has 1 aliphatic rings. The number of sulfonamides is 1. The van der Waals surface area contributed by atoms with Gasteiger partial charge in [-0.1, -0.05) is 13.0 Å². The van der Waals surface area contributed by atoms with Crippen LogP contribution in [0.25, 0.3) is 11.1 Å². The lowest BCUT2D eigenvalue weighted by Gasteiger charge is -2.36. The number of aliphatic hydroxyl groups excluding tert-OH is 1. The number of aromatic nitrogens is 1. The van der Waals surface area contributed by atoms with Crippen molar-refractivity contribution in [2.24, 2.45) is 5.92 Å². The van der Waals surface area contributed by atoms with Gasteiger partial charge in [0.2, 0.25) is 10.0 Å². The van der Waals surface area contributed by atoms with E-state index in [1.807, 2.05) is 26.1 Å². The van der Waals surface area contributed by atoms with Crippen molar-refractivity contribution in [1.82, 2.24) is 14.6 Å². The van der Waals surface area contributed by atoms with Crippen molar-refractivity contribution in [2.75, 3.05) is 26.7 Å². The largest absolute Gasteiger partial charge is 0.487 e. The van der Waals surface area contributed by atoms with Crippen LogP contribution in [0, 0.1) is 5.92 Å². The molecule has 2 N–H and O–H groups in total. The summed E-state index contributed by atoms with van der Waals surface area (Å²) < 4.78 is 34.3. The van der Waals surface area contributed by atoms with E-state index in [9.17, 15) is 13.5 Å². The highest BCUT2D eigenvalue weighted by Gasteiger charge is 2.37. The van der Waals surface area contributed by atoms with E-state index in [2.05, 4.69) is 10.3 Å². The highest BCUT2D eigenvalue weighted by atomic mass is 32.2. The molecule has 2 aromatic rings. The van der Waals surface area contributed by atoms with Crippen molar-refractivity contribution in [3.63, 3.8) is 0 Å². The topological polar surface area (TPSA) is 91.8 Å². The Balaban J connectivity index is 2.14. The number of hydrogen-bond acceptors (Lipinski definition) is 6. The van der Waals surface area contributed by atoms with Crippen LogP contribution in [0.15, 0.2) is 47.6 Å². The standard InChI is InChI=1S/C20H27N3O4S/c1-14-12-23(15(2)13-24)28(25,26)20-5-4-17(16-6-8-22-9-7-16)10-18(20)27-19(14)11-21-3/h4-10,14-15,19,21,24H,11-13H2,1-3H3/t14-,15+,19+/m1/s1. The number of likely N-dealkylation sites (N-methyl/N-ethyl adjacent to an activating group) is 1. The Kier molecular flexibility index (Phi) is 6.34. The molecule has 152 valence electrons. The molecule has 1 aliphatic heterocycles. The summed E-state index contributed by atoms with van der Waals surface area (Å²) in [6, 6.07) is 8.34. The smallest absolute Gasteiger partial charge is 0.247 e. The predicted octanol–water partition coefficient (Wildman–Crippen LogP) is 1.74. The van der Waals surface area contributed by atoms with Gasteiger partial charge in [0.1, 0.15) is 16.7 Å². The number of nitrogens with zero attached hydrogens (tertiary/aromatic N) is 2. The van der Waals surface area contributed by atoms with E-state index < -0.39 is 16.1 Å². The fourth-order valence-corrected chi connectivity index (χ4v) is 5.22. The van der Waals surface area contributed by atoms with E-state index in [0.717, 1.165) is 11.1 Å². The van der Waals surface area contributed by atoms with Gasteiger partial charge in [-0.3, -0.25) is 4.98 Å². The first-order valence-corrected chi connectivity index (χ1v) is 10.8. The van der Waals surface area contributed by atoms with Gasteiger partial charge in [0, 0.05) is 37.4 Å². The summed E-state index contributed by atoms with van der Waals surface area (Å²) in [6.45, 7) is 4.30. The zero-order valence-electron chi connectivity index (χ0n) is 16.4. The third-order valence-corrected chi connectivity index (χ3v) is 7.11. The second-order valence-electron chi connectivity index (χ2n) is 7.19. The van der Waals surface area contributed by atoms with E-state index >= 15 is 0 Å². The van der Waals surface area contributed by atoms with Crippen LogP contribution in [0.3, 0.4) is 0 Å². The van der Waals surface area contributed by atoms with Gasteiger partial charge in [-0.05, 0) is 49.4 Å². The van der Waals surface area contributed by atoms with E-state index in [1.165, 1.54) is 4.31 Å². The van der Waals surface area contributed by atoms with Crippen molar-refractivity contribution in [3.05, 3.63) is 42.7 Å². The molecule has 0 fully saturated rings. The average Bonchev–Trinajstić information content (AvgIpc) is 2.70. The Labute approximate surface area is 166 Å². The number of benzene rings is 1. The lowest BCUT2D eigenvalue weighted by atomic mass is 10.0. The van der Waals surface area contributed by atoms with Crippen LogP contribution in [0.1, 0.15) is 13.8 Å². The van der Waals surface area contributed by atoms with Crippen molar-refractivity contribution in [2.45, 2.75) is 30.9 Å². The van der Waals surface area contributed by atoms with Gasteiger partial charge in [0.05, 0.1) is 6.61 Å². The Morgan fingerprint density at radius 2 is 2.00 bits per heavy atom. The molecule has 3 atom stereocenters. The summed E-state index contributed by atoms with van der Waals surface area (Å²) >= 11 is 0. The van der Waals surface area contributed by atoms with E-state index in [0.29, 0.717) is 12.3 Å². The van der Waals surface area contributed by atoms with Gasteiger partial charge in [0.25, 0.3) is 0 Å². The lowest BCUT2D eigenvalue weighted by Crippen LogP contribution is -2.49. The van der Waals surface area contributed by atoms with E-state index in [1.54, 1.807) is 37.5 Å². The van der Waals surface area contributed by atoms with Crippen LogP contribution in [-0.4, -0.2) is 61.7 Å². The van der Waals surface area contributed by atoms with E-state index in [-0.39, 0.29) is 30.1 Å². The van der Waals surface area contributed by atoms with Crippen molar-refractivity contribution in [1.29, 1.82) is 0 Å². The summed E-state index contributed by atoms with van der Waals surface area (Å²) in [7, 11) is -1.97. The fourth-order valence-electron chi connectivity index (χ4n) is 3.39. The second-order valence-corrected chi connectivity index (χ2v) is 9.05. The molecule has 1 aromatic carbocycles. The summed E-state index contributed by atoms with van der Waals surface area (Å²) in [5.41, 5.74) is 1.79. The maximum absolute atomic E-state index is 13.3. The number of ether oxygens (including phenoxy) is 1. The molecular formula is C20H27N3O4S. The summed E-state index contributed by atoms with van der Waals surface area (Å²) in [5.74, 6) is 0.269. The van der Waals surface area contributed by atoms with Gasteiger partial charge < -0.3 is 15.2 Å². The van der Waals surface area contributed by atoms with Crippen LogP contribution >= 0.6 is 0 Å². The third kappa shape index (κ3) is 4.05. The Hall–Kier alpha value is -2.00. The molecule has 0 spiro atoms. The first kappa shape index (κ1) is 20.7. The molecule has 8 heteroatoms. The van der Waals surface area contributed by atoms with Crippen LogP contribution in [-0.2, 0) is 10.0 Å². The van der Waals surface area contributed by atoms with Gasteiger partial charge >= 0.3 is 0 Å². The molecule has 0 unspecified atom stereocenters. The van der Waals surface area contributed by atoms with Gasteiger partial charge in [-0.2, -0.15) is 4.31 Å². The zero-order chi connectivity index (χ0) is 20.3. The summed E-state index contributed by atoms with van der Waals surface area (Å²) in [5, 5.41) is 12.7. The first-order chi connectivity index (χ1) is 13.4. The molecule has 0 saturated heterocycles. The number of nitrogens with one attached hydrogen (secondary N) is 1. The molecular weight excluding hydrogens is 378 g/mol. The Morgan fingerprint density at radius 3 is 2.64 bits per heavy atom. The molecule has 0 amide bonds. The number of hydrogen-bond donors (Lipinski definition) is 2. The van der Waals surface area contributed by atoms with Gasteiger partial charge in [0.15, 0.2) is 0 Å². The number of fused-ring (bicyclic) bond motifs is 1. The van der Waals surface area contributed by atoms with Crippen LogP contribution < -0.4 is 10.1 Å². The Bertz CT molecular complexity index is 905. The van der Waals surface area contributed by atoms with Crippen molar-refractivity contribution in [3.8, 4) is 16.9 Å². The van der Waals surface area contributed by atoms with Gasteiger partial charge in [-0.25, -0.2) is 8.42 Å². The molecule has 0 radical (unpaired) electrons. The zero-order valence-corrected chi connectivity index (χ0v) is 17.2. The minimum atomic E-state index is -3.81. The van der Waals surface area contributed by atoms with Crippen LogP contribution in [0.2, 0.25) is 0 Å². The summed E-state index contributed by atoms with van der Waals surface area (Å²) in [4.78, 5) is 4.15. The SMILES string of the molecule is CNC[C@@H]1Oc2cc(-c3ccncc3)ccc2S(=O)(=O)N([C@@H](C)CO)C[C@H]1C. The minimum absolute atomic E-state index is 0.0612.